The number of H-pyrrole nitrogens is 1. The van der Waals surface area contributed by atoms with Crippen molar-refractivity contribution in [3.8, 4) is 0 Å². The van der Waals surface area contributed by atoms with E-state index in [0.717, 1.165) is 17.7 Å². The zero-order chi connectivity index (χ0) is 16.4. The number of pyridine rings is 1. The Morgan fingerprint density at radius 1 is 1.17 bits per heavy atom. The Hall–Kier alpha value is -3.16. The Labute approximate surface area is 128 Å². The molecule has 3 aromatic rings. The highest BCUT2D eigenvalue weighted by Gasteiger charge is 2.16. The van der Waals surface area contributed by atoms with Crippen molar-refractivity contribution < 1.29 is 13.6 Å². The highest BCUT2D eigenvalue weighted by Crippen LogP contribution is 2.14. The lowest BCUT2D eigenvalue weighted by Crippen LogP contribution is -2.27. The van der Waals surface area contributed by atoms with E-state index in [1.807, 2.05) is 0 Å². The molecule has 2 N–H and O–H groups in total. The lowest BCUT2D eigenvalue weighted by atomic mass is 10.2. The van der Waals surface area contributed by atoms with Gasteiger partial charge in [0.1, 0.15) is 5.39 Å². The number of halogens is 2. The quantitative estimate of drug-likeness (QED) is 0.767. The van der Waals surface area contributed by atoms with Gasteiger partial charge in [0.2, 0.25) is 0 Å². The molecule has 0 saturated heterocycles. The predicted molar refractivity (Wildman–Crippen MR) is 77.7 cm³/mol. The number of rotatable bonds is 3. The predicted octanol–water partition coefficient (Wildman–Crippen LogP) is 1.53. The topological polar surface area (TPSA) is 87.7 Å². The van der Waals surface area contributed by atoms with Gasteiger partial charge in [-0.25, -0.2) is 13.8 Å². The fourth-order valence-corrected chi connectivity index (χ4v) is 2.04. The summed E-state index contributed by atoms with van der Waals surface area (Å²) in [5.41, 5.74) is -0.202. The van der Waals surface area contributed by atoms with E-state index in [0.29, 0.717) is 0 Å². The highest BCUT2D eigenvalue weighted by molar-refractivity contribution is 5.92. The maximum Gasteiger partial charge on any atom is 0.287 e. The molecule has 0 aliphatic heterocycles. The van der Waals surface area contributed by atoms with Crippen LogP contribution in [-0.4, -0.2) is 20.9 Å². The summed E-state index contributed by atoms with van der Waals surface area (Å²) >= 11 is 0. The third-order valence-corrected chi connectivity index (χ3v) is 3.18. The molecule has 0 fully saturated rings. The summed E-state index contributed by atoms with van der Waals surface area (Å²) in [7, 11) is 0. The van der Waals surface area contributed by atoms with E-state index in [1.165, 1.54) is 0 Å². The minimum Gasteiger partial charge on any atom is -0.345 e. The van der Waals surface area contributed by atoms with Crippen LogP contribution in [0.15, 0.2) is 41.5 Å². The summed E-state index contributed by atoms with van der Waals surface area (Å²) in [4.78, 5) is 33.8. The molecule has 1 aromatic carbocycles. The van der Waals surface area contributed by atoms with Gasteiger partial charge in [0, 0.05) is 18.9 Å². The molecule has 0 spiro atoms. The summed E-state index contributed by atoms with van der Waals surface area (Å²) < 4.78 is 26.8. The van der Waals surface area contributed by atoms with Crippen molar-refractivity contribution in [2.45, 2.75) is 6.54 Å². The fourth-order valence-electron chi connectivity index (χ4n) is 2.04. The lowest BCUT2D eigenvalue weighted by Gasteiger charge is -2.06. The number of carbonyl (C=O) groups excluding carboxylic acids is 1. The zero-order valence-corrected chi connectivity index (χ0v) is 11.6. The number of nitrogens with zero attached hydrogens (tertiary/aromatic N) is 2. The van der Waals surface area contributed by atoms with E-state index >= 15 is 0 Å². The molecule has 0 saturated carbocycles. The molecule has 2 aromatic heterocycles. The van der Waals surface area contributed by atoms with Crippen molar-refractivity contribution in [1.82, 2.24) is 20.3 Å². The van der Waals surface area contributed by atoms with Crippen LogP contribution in [0.3, 0.4) is 0 Å². The van der Waals surface area contributed by atoms with Gasteiger partial charge in [-0.1, -0.05) is 0 Å². The number of aromatic nitrogens is 3. The first-order valence-corrected chi connectivity index (χ1v) is 6.61. The van der Waals surface area contributed by atoms with Gasteiger partial charge in [0.05, 0.1) is 5.52 Å². The molecule has 116 valence electrons. The third kappa shape index (κ3) is 2.91. The van der Waals surface area contributed by atoms with Gasteiger partial charge in [-0.15, -0.1) is 0 Å². The fraction of sp³-hybridized carbons (Fsp3) is 0.0667. The van der Waals surface area contributed by atoms with Gasteiger partial charge in [-0.2, -0.15) is 0 Å². The SMILES string of the molecule is O=C(NCc1ccncc1)c1nc2ccc(F)c(F)c2c(=O)[nH]1. The van der Waals surface area contributed by atoms with Gasteiger partial charge in [-0.05, 0) is 29.8 Å². The Morgan fingerprint density at radius 2 is 1.91 bits per heavy atom. The Balaban J connectivity index is 1.90. The minimum atomic E-state index is -1.29. The molecule has 0 unspecified atom stereocenters. The first kappa shape index (κ1) is 14.8. The normalized spacial score (nSPS) is 10.7. The molecule has 6 nitrogen and oxygen atoms in total. The van der Waals surface area contributed by atoms with Gasteiger partial charge in [-0.3, -0.25) is 14.6 Å². The molecule has 0 radical (unpaired) electrons. The number of hydrogen-bond donors (Lipinski definition) is 2. The lowest BCUT2D eigenvalue weighted by molar-refractivity contribution is 0.0940. The van der Waals surface area contributed by atoms with Crippen LogP contribution >= 0.6 is 0 Å². The molecular weight excluding hydrogens is 306 g/mol. The average Bonchev–Trinajstić information content (AvgIpc) is 2.56. The van der Waals surface area contributed by atoms with Crippen LogP contribution in [0.4, 0.5) is 8.78 Å². The first-order chi connectivity index (χ1) is 11.1. The number of nitrogens with one attached hydrogen (secondary N) is 2. The largest absolute Gasteiger partial charge is 0.345 e. The molecule has 23 heavy (non-hydrogen) atoms. The van der Waals surface area contributed by atoms with Crippen molar-refractivity contribution in [3.05, 3.63) is 70.0 Å². The summed E-state index contributed by atoms with van der Waals surface area (Å²) in [6.07, 6.45) is 3.16. The second-order valence-corrected chi connectivity index (χ2v) is 4.71. The van der Waals surface area contributed by atoms with Crippen LogP contribution < -0.4 is 10.9 Å². The number of hydrogen-bond acceptors (Lipinski definition) is 4. The molecular formula is C15H10F2N4O2. The van der Waals surface area contributed by atoms with Crippen LogP contribution in [-0.2, 0) is 6.54 Å². The first-order valence-electron chi connectivity index (χ1n) is 6.61. The molecule has 2 heterocycles. The summed E-state index contributed by atoms with van der Waals surface area (Å²) in [5.74, 6) is -3.35. The van der Waals surface area contributed by atoms with Crippen LogP contribution in [0.5, 0.6) is 0 Å². The highest BCUT2D eigenvalue weighted by atomic mass is 19.2. The maximum atomic E-state index is 13.6. The van der Waals surface area contributed by atoms with E-state index in [2.05, 4.69) is 20.3 Å². The van der Waals surface area contributed by atoms with Gasteiger partial charge < -0.3 is 10.3 Å². The molecule has 1 amide bonds. The molecule has 0 aliphatic carbocycles. The Morgan fingerprint density at radius 3 is 2.65 bits per heavy atom. The molecule has 0 aliphatic rings. The van der Waals surface area contributed by atoms with Gasteiger partial charge in [0.25, 0.3) is 11.5 Å². The average molecular weight is 316 g/mol. The number of amides is 1. The molecule has 0 atom stereocenters. The second-order valence-electron chi connectivity index (χ2n) is 4.71. The van der Waals surface area contributed by atoms with E-state index in [-0.39, 0.29) is 17.9 Å². The van der Waals surface area contributed by atoms with Crippen LogP contribution in [0, 0.1) is 11.6 Å². The smallest absolute Gasteiger partial charge is 0.287 e. The Kier molecular flexibility index (Phi) is 3.80. The van der Waals surface area contributed by atoms with Crippen molar-refractivity contribution >= 4 is 16.8 Å². The standard InChI is InChI=1S/C15H10F2N4O2/c16-9-1-2-10-11(12(9)17)14(22)21-13(20-10)15(23)19-7-8-3-5-18-6-4-8/h1-6H,7H2,(H,19,23)(H,20,21,22). The van der Waals surface area contributed by atoms with Crippen molar-refractivity contribution in [2.75, 3.05) is 0 Å². The van der Waals surface area contributed by atoms with E-state index in [1.54, 1.807) is 24.5 Å². The summed E-state index contributed by atoms with van der Waals surface area (Å²) in [6.45, 7) is 0.209. The van der Waals surface area contributed by atoms with Gasteiger partial charge >= 0.3 is 0 Å². The van der Waals surface area contributed by atoms with E-state index in [9.17, 15) is 18.4 Å². The van der Waals surface area contributed by atoms with Crippen LogP contribution in [0.2, 0.25) is 0 Å². The van der Waals surface area contributed by atoms with Crippen molar-refractivity contribution in [2.24, 2.45) is 0 Å². The zero-order valence-electron chi connectivity index (χ0n) is 11.6. The summed E-state index contributed by atoms with van der Waals surface area (Å²) in [6, 6.07) is 5.43. The van der Waals surface area contributed by atoms with Crippen LogP contribution in [0.25, 0.3) is 10.9 Å². The maximum absolute atomic E-state index is 13.6. The summed E-state index contributed by atoms with van der Waals surface area (Å²) in [5, 5.41) is 2.05. The minimum absolute atomic E-state index is 0.0956. The molecule has 8 heteroatoms. The van der Waals surface area contributed by atoms with Crippen molar-refractivity contribution in [3.63, 3.8) is 0 Å². The number of carbonyl (C=O) groups is 1. The van der Waals surface area contributed by atoms with E-state index in [4.69, 9.17) is 0 Å². The number of fused-ring (bicyclic) bond motifs is 1. The number of aromatic amines is 1. The molecule has 0 bridgehead atoms. The molecule has 3 rings (SSSR count). The number of benzene rings is 1. The van der Waals surface area contributed by atoms with Crippen molar-refractivity contribution in [1.29, 1.82) is 0 Å². The van der Waals surface area contributed by atoms with Crippen LogP contribution in [0.1, 0.15) is 16.2 Å². The Bertz CT molecular complexity index is 941. The second kappa shape index (κ2) is 5.91. The van der Waals surface area contributed by atoms with Gasteiger partial charge in [0.15, 0.2) is 17.5 Å². The monoisotopic (exact) mass is 316 g/mol. The third-order valence-electron chi connectivity index (χ3n) is 3.18. The van der Waals surface area contributed by atoms with E-state index < -0.39 is 28.5 Å².